The first kappa shape index (κ1) is 19.3. The van der Waals surface area contributed by atoms with Crippen LogP contribution in [-0.2, 0) is 9.59 Å². The number of thioether (sulfide) groups is 1. The zero-order valence-electron chi connectivity index (χ0n) is 14.4. The highest BCUT2D eigenvalue weighted by Gasteiger charge is 2.16. The van der Waals surface area contributed by atoms with Gasteiger partial charge in [0.1, 0.15) is 0 Å². The first-order valence-electron chi connectivity index (χ1n) is 7.90. The molecule has 132 valence electrons. The van der Waals surface area contributed by atoms with E-state index in [0.717, 1.165) is 16.8 Å². The zero-order valence-corrected chi connectivity index (χ0v) is 16.0. The molecular formula is C19H21ClN2O2S. The second-order valence-electron chi connectivity index (χ2n) is 5.82. The summed E-state index contributed by atoms with van der Waals surface area (Å²) in [5, 5.41) is 5.88. The van der Waals surface area contributed by atoms with Crippen molar-refractivity contribution in [3.05, 3.63) is 58.6 Å². The number of carbonyl (C=O) groups excluding carboxylic acids is 2. The van der Waals surface area contributed by atoms with Crippen molar-refractivity contribution in [2.75, 3.05) is 16.4 Å². The van der Waals surface area contributed by atoms with Gasteiger partial charge in [0.05, 0.1) is 11.0 Å². The SMILES string of the molecule is Cc1ccc(NC(=O)CS[C@@H](C)C(=O)Nc2cc(Cl)ccc2C)cc1. The summed E-state index contributed by atoms with van der Waals surface area (Å²) in [6.45, 7) is 5.67. The third-order valence-corrected chi connectivity index (χ3v) is 5.00. The van der Waals surface area contributed by atoms with E-state index in [4.69, 9.17) is 11.6 Å². The fraction of sp³-hybridized carbons (Fsp3) is 0.263. The van der Waals surface area contributed by atoms with Gasteiger partial charge in [-0.3, -0.25) is 9.59 Å². The van der Waals surface area contributed by atoms with Crippen molar-refractivity contribution in [2.24, 2.45) is 0 Å². The molecule has 0 unspecified atom stereocenters. The molecule has 2 rings (SSSR count). The van der Waals surface area contributed by atoms with Crippen LogP contribution in [0.4, 0.5) is 11.4 Å². The van der Waals surface area contributed by atoms with Crippen molar-refractivity contribution >= 4 is 46.6 Å². The van der Waals surface area contributed by atoms with Gasteiger partial charge in [0.25, 0.3) is 0 Å². The Labute approximate surface area is 157 Å². The number of rotatable bonds is 6. The van der Waals surface area contributed by atoms with Gasteiger partial charge >= 0.3 is 0 Å². The van der Waals surface area contributed by atoms with Crippen LogP contribution in [0.2, 0.25) is 5.02 Å². The summed E-state index contributed by atoms with van der Waals surface area (Å²) >= 11 is 7.25. The molecule has 0 saturated carbocycles. The van der Waals surface area contributed by atoms with Crippen LogP contribution >= 0.6 is 23.4 Å². The van der Waals surface area contributed by atoms with E-state index in [1.807, 2.05) is 44.2 Å². The number of amides is 2. The summed E-state index contributed by atoms with van der Waals surface area (Å²) in [5.41, 5.74) is 3.51. The maximum atomic E-state index is 12.3. The minimum Gasteiger partial charge on any atom is -0.325 e. The molecule has 1 atom stereocenters. The minimum absolute atomic E-state index is 0.132. The fourth-order valence-corrected chi connectivity index (χ4v) is 2.93. The molecule has 6 heteroatoms. The number of hydrogen-bond acceptors (Lipinski definition) is 3. The van der Waals surface area contributed by atoms with E-state index < -0.39 is 0 Å². The van der Waals surface area contributed by atoms with Crippen LogP contribution in [-0.4, -0.2) is 22.8 Å². The normalized spacial score (nSPS) is 11.7. The Morgan fingerprint density at radius 2 is 1.76 bits per heavy atom. The first-order chi connectivity index (χ1) is 11.8. The Morgan fingerprint density at radius 1 is 1.08 bits per heavy atom. The highest BCUT2D eigenvalue weighted by molar-refractivity contribution is 8.01. The van der Waals surface area contributed by atoms with Crippen molar-refractivity contribution in [1.29, 1.82) is 0 Å². The van der Waals surface area contributed by atoms with Gasteiger partial charge in [-0.15, -0.1) is 11.8 Å². The maximum Gasteiger partial charge on any atom is 0.237 e. The average Bonchev–Trinajstić information content (AvgIpc) is 2.58. The quantitative estimate of drug-likeness (QED) is 0.771. The predicted molar refractivity (Wildman–Crippen MR) is 107 cm³/mol. The monoisotopic (exact) mass is 376 g/mol. The second kappa shape index (κ2) is 8.92. The maximum absolute atomic E-state index is 12.3. The van der Waals surface area contributed by atoms with Crippen LogP contribution in [0, 0.1) is 13.8 Å². The van der Waals surface area contributed by atoms with Crippen LogP contribution < -0.4 is 10.6 Å². The van der Waals surface area contributed by atoms with E-state index in [2.05, 4.69) is 10.6 Å². The lowest BCUT2D eigenvalue weighted by Gasteiger charge is -2.14. The zero-order chi connectivity index (χ0) is 18.4. The molecule has 0 aliphatic rings. The molecule has 0 aliphatic heterocycles. The highest BCUT2D eigenvalue weighted by atomic mass is 35.5. The van der Waals surface area contributed by atoms with Gasteiger partial charge in [0, 0.05) is 16.4 Å². The summed E-state index contributed by atoms with van der Waals surface area (Å²) in [5.74, 6) is -0.0808. The number of benzene rings is 2. The summed E-state index contributed by atoms with van der Waals surface area (Å²) in [4.78, 5) is 24.3. The standard InChI is InChI=1S/C19H21ClN2O2S/c1-12-4-8-16(9-5-12)21-18(23)11-25-14(3)19(24)22-17-10-15(20)7-6-13(17)2/h4-10,14H,11H2,1-3H3,(H,21,23)(H,22,24)/t14-/m0/s1. The molecule has 0 aliphatic carbocycles. The Morgan fingerprint density at radius 3 is 2.44 bits per heavy atom. The third kappa shape index (κ3) is 6.11. The van der Waals surface area contributed by atoms with Gasteiger partial charge in [-0.05, 0) is 50.6 Å². The van der Waals surface area contributed by atoms with Crippen molar-refractivity contribution < 1.29 is 9.59 Å². The van der Waals surface area contributed by atoms with Crippen LogP contribution in [0.5, 0.6) is 0 Å². The average molecular weight is 377 g/mol. The molecule has 0 aromatic heterocycles. The van der Waals surface area contributed by atoms with Crippen molar-refractivity contribution in [2.45, 2.75) is 26.0 Å². The number of hydrogen-bond donors (Lipinski definition) is 2. The second-order valence-corrected chi connectivity index (χ2v) is 7.58. The van der Waals surface area contributed by atoms with Crippen LogP contribution in [0.1, 0.15) is 18.1 Å². The molecule has 0 saturated heterocycles. The van der Waals surface area contributed by atoms with Crippen molar-refractivity contribution in [3.8, 4) is 0 Å². The number of halogens is 1. The van der Waals surface area contributed by atoms with E-state index in [1.165, 1.54) is 11.8 Å². The first-order valence-corrected chi connectivity index (χ1v) is 9.33. The van der Waals surface area contributed by atoms with Crippen LogP contribution in [0.3, 0.4) is 0 Å². The minimum atomic E-state index is -0.359. The molecule has 0 spiro atoms. The Kier molecular flexibility index (Phi) is 6.91. The number of aryl methyl sites for hydroxylation is 2. The lowest BCUT2D eigenvalue weighted by molar-refractivity contribution is -0.115. The van der Waals surface area contributed by atoms with E-state index in [0.29, 0.717) is 10.7 Å². The lowest BCUT2D eigenvalue weighted by Crippen LogP contribution is -2.25. The van der Waals surface area contributed by atoms with E-state index in [9.17, 15) is 9.59 Å². The van der Waals surface area contributed by atoms with Crippen molar-refractivity contribution in [3.63, 3.8) is 0 Å². The summed E-state index contributed by atoms with van der Waals surface area (Å²) in [6, 6.07) is 12.9. The van der Waals surface area contributed by atoms with Gasteiger partial charge in [-0.25, -0.2) is 0 Å². The molecule has 4 nitrogen and oxygen atoms in total. The molecule has 2 N–H and O–H groups in total. The third-order valence-electron chi connectivity index (χ3n) is 3.63. The largest absolute Gasteiger partial charge is 0.325 e. The number of anilines is 2. The predicted octanol–water partition coefficient (Wildman–Crippen LogP) is 4.66. The summed E-state index contributed by atoms with van der Waals surface area (Å²) < 4.78 is 0. The molecule has 0 radical (unpaired) electrons. The van der Waals surface area contributed by atoms with Gasteiger partial charge < -0.3 is 10.6 Å². The van der Waals surface area contributed by atoms with Crippen molar-refractivity contribution in [1.82, 2.24) is 0 Å². The highest BCUT2D eigenvalue weighted by Crippen LogP contribution is 2.22. The molecule has 25 heavy (non-hydrogen) atoms. The summed E-state index contributed by atoms with van der Waals surface area (Å²) in [7, 11) is 0. The van der Waals surface area contributed by atoms with E-state index >= 15 is 0 Å². The molecule has 2 aromatic rings. The molecule has 2 amide bonds. The molecule has 0 bridgehead atoms. The smallest absolute Gasteiger partial charge is 0.237 e. The molecule has 2 aromatic carbocycles. The van der Waals surface area contributed by atoms with Gasteiger partial charge in [0.2, 0.25) is 11.8 Å². The Hall–Kier alpha value is -1.98. The number of carbonyl (C=O) groups is 2. The molecular weight excluding hydrogens is 356 g/mol. The Balaban J connectivity index is 1.83. The fourth-order valence-electron chi connectivity index (χ4n) is 2.07. The van der Waals surface area contributed by atoms with Crippen LogP contribution in [0.25, 0.3) is 0 Å². The van der Waals surface area contributed by atoms with E-state index in [-0.39, 0.29) is 22.8 Å². The molecule has 0 heterocycles. The molecule has 0 fully saturated rings. The van der Waals surface area contributed by atoms with Gasteiger partial charge in [-0.1, -0.05) is 35.4 Å². The lowest BCUT2D eigenvalue weighted by atomic mass is 10.2. The van der Waals surface area contributed by atoms with Crippen LogP contribution in [0.15, 0.2) is 42.5 Å². The van der Waals surface area contributed by atoms with Gasteiger partial charge in [0.15, 0.2) is 0 Å². The van der Waals surface area contributed by atoms with Gasteiger partial charge in [-0.2, -0.15) is 0 Å². The van der Waals surface area contributed by atoms with E-state index in [1.54, 1.807) is 19.1 Å². The Bertz CT molecular complexity index is 763. The number of nitrogens with one attached hydrogen (secondary N) is 2. The summed E-state index contributed by atoms with van der Waals surface area (Å²) in [6.07, 6.45) is 0. The topological polar surface area (TPSA) is 58.2 Å².